The molecule has 2 saturated heterocycles. The second-order valence-electron chi connectivity index (χ2n) is 6.07. The fourth-order valence-corrected chi connectivity index (χ4v) is 2.98. The summed E-state index contributed by atoms with van der Waals surface area (Å²) in [5.74, 6) is -2.04. The van der Waals surface area contributed by atoms with E-state index in [2.05, 4.69) is 0 Å². The predicted molar refractivity (Wildman–Crippen MR) is 84.0 cm³/mol. The van der Waals surface area contributed by atoms with Gasteiger partial charge in [0.15, 0.2) is 18.2 Å². The molecule has 0 aliphatic carbocycles. The number of piperazine rings is 1. The molecule has 1 atom stereocenters. The summed E-state index contributed by atoms with van der Waals surface area (Å²) in [6.07, 6.45) is 1.29. The Morgan fingerprint density at radius 3 is 2.52 bits per heavy atom. The summed E-state index contributed by atoms with van der Waals surface area (Å²) in [5, 5.41) is 0. The number of amides is 2. The number of rotatable bonds is 4. The smallest absolute Gasteiger partial charge is 0.260 e. The van der Waals surface area contributed by atoms with E-state index in [9.17, 15) is 18.4 Å². The number of nitrogens with zero attached hydrogens (tertiary/aromatic N) is 2. The predicted octanol–water partition coefficient (Wildman–Crippen LogP) is 1.19. The van der Waals surface area contributed by atoms with Gasteiger partial charge in [0, 0.05) is 38.9 Å². The lowest BCUT2D eigenvalue weighted by Crippen LogP contribution is -2.53. The zero-order valence-electron chi connectivity index (χ0n) is 13.7. The van der Waals surface area contributed by atoms with Crippen molar-refractivity contribution in [1.29, 1.82) is 0 Å². The first-order chi connectivity index (χ1) is 12.0. The molecule has 6 nitrogen and oxygen atoms in total. The molecule has 1 aromatic rings. The van der Waals surface area contributed by atoms with Gasteiger partial charge in [0.05, 0.1) is 0 Å². The number of ether oxygens (including phenoxy) is 2. The fraction of sp³-hybridized carbons (Fsp3) is 0.529. The third-order valence-corrected chi connectivity index (χ3v) is 4.39. The summed E-state index contributed by atoms with van der Waals surface area (Å²) >= 11 is 0. The van der Waals surface area contributed by atoms with Crippen molar-refractivity contribution in [3.05, 3.63) is 29.8 Å². The van der Waals surface area contributed by atoms with Gasteiger partial charge < -0.3 is 19.3 Å². The van der Waals surface area contributed by atoms with Crippen LogP contribution < -0.4 is 4.74 Å². The molecule has 3 rings (SSSR count). The number of carbonyl (C=O) groups is 2. The third kappa shape index (κ3) is 4.25. The van der Waals surface area contributed by atoms with Crippen LogP contribution in [0.15, 0.2) is 18.2 Å². The van der Waals surface area contributed by atoms with Crippen molar-refractivity contribution in [3.63, 3.8) is 0 Å². The minimum absolute atomic E-state index is 0.0192. The van der Waals surface area contributed by atoms with Gasteiger partial charge in [-0.05, 0) is 25.0 Å². The summed E-state index contributed by atoms with van der Waals surface area (Å²) in [5.41, 5.74) is 0. The summed E-state index contributed by atoms with van der Waals surface area (Å²) in [6, 6.07) is 2.92. The van der Waals surface area contributed by atoms with Crippen molar-refractivity contribution in [1.82, 2.24) is 9.80 Å². The van der Waals surface area contributed by atoms with E-state index in [-0.39, 0.29) is 30.3 Å². The Labute approximate surface area is 144 Å². The maximum atomic E-state index is 13.5. The molecule has 0 unspecified atom stereocenters. The highest BCUT2D eigenvalue weighted by atomic mass is 19.1. The lowest BCUT2D eigenvalue weighted by atomic mass is 10.2. The minimum atomic E-state index is -0.847. The first kappa shape index (κ1) is 17.6. The van der Waals surface area contributed by atoms with E-state index in [0.717, 1.165) is 25.0 Å². The summed E-state index contributed by atoms with van der Waals surface area (Å²) in [7, 11) is 0. The summed E-state index contributed by atoms with van der Waals surface area (Å²) in [4.78, 5) is 27.7. The van der Waals surface area contributed by atoms with Crippen molar-refractivity contribution in [2.45, 2.75) is 18.9 Å². The largest absolute Gasteiger partial charge is 0.481 e. The lowest BCUT2D eigenvalue weighted by molar-refractivity contribution is -0.146. The number of halogens is 2. The van der Waals surface area contributed by atoms with Crippen molar-refractivity contribution in [2.24, 2.45) is 0 Å². The monoisotopic (exact) mass is 354 g/mol. The Morgan fingerprint density at radius 2 is 1.88 bits per heavy atom. The van der Waals surface area contributed by atoms with Crippen LogP contribution in [0.25, 0.3) is 0 Å². The second kappa shape index (κ2) is 7.77. The highest BCUT2D eigenvalue weighted by Gasteiger charge is 2.31. The van der Waals surface area contributed by atoms with Crippen molar-refractivity contribution < 1.29 is 27.8 Å². The number of benzene rings is 1. The quantitative estimate of drug-likeness (QED) is 0.815. The molecule has 0 bridgehead atoms. The van der Waals surface area contributed by atoms with Crippen LogP contribution in [0.4, 0.5) is 8.78 Å². The standard InChI is InChI=1S/C17H20F2N2O4/c18-12-3-4-14(13(19)10-12)25-11-16(22)20-5-7-21(8-6-20)17(23)15-2-1-9-24-15/h3-4,10,15H,1-2,5-9,11H2/t15-/m1/s1. The molecule has 25 heavy (non-hydrogen) atoms. The zero-order chi connectivity index (χ0) is 17.8. The van der Waals surface area contributed by atoms with Crippen LogP contribution in [0.1, 0.15) is 12.8 Å². The lowest BCUT2D eigenvalue weighted by Gasteiger charge is -2.35. The molecule has 2 heterocycles. The molecule has 136 valence electrons. The number of hydrogen-bond acceptors (Lipinski definition) is 4. The van der Waals surface area contributed by atoms with Crippen molar-refractivity contribution >= 4 is 11.8 Å². The van der Waals surface area contributed by atoms with E-state index in [1.54, 1.807) is 9.80 Å². The summed E-state index contributed by atoms with van der Waals surface area (Å²) < 4.78 is 36.8. The van der Waals surface area contributed by atoms with Gasteiger partial charge >= 0.3 is 0 Å². The maximum Gasteiger partial charge on any atom is 0.260 e. The van der Waals surface area contributed by atoms with Crippen LogP contribution in [0, 0.1) is 11.6 Å². The first-order valence-corrected chi connectivity index (χ1v) is 8.30. The van der Waals surface area contributed by atoms with Gasteiger partial charge in [-0.1, -0.05) is 0 Å². The van der Waals surface area contributed by atoms with E-state index in [1.165, 1.54) is 0 Å². The van der Waals surface area contributed by atoms with E-state index < -0.39 is 11.6 Å². The van der Waals surface area contributed by atoms with Gasteiger partial charge in [0.2, 0.25) is 0 Å². The van der Waals surface area contributed by atoms with Crippen LogP contribution in [-0.4, -0.2) is 67.1 Å². The van der Waals surface area contributed by atoms with E-state index >= 15 is 0 Å². The molecule has 2 aliphatic heterocycles. The SMILES string of the molecule is O=C(COc1ccc(F)cc1F)N1CCN(C(=O)[C@H]2CCCO2)CC1. The van der Waals surface area contributed by atoms with E-state index in [0.29, 0.717) is 38.9 Å². The number of hydrogen-bond donors (Lipinski definition) is 0. The Kier molecular flexibility index (Phi) is 5.47. The number of carbonyl (C=O) groups excluding carboxylic acids is 2. The average molecular weight is 354 g/mol. The van der Waals surface area contributed by atoms with E-state index in [1.807, 2.05) is 0 Å². The molecule has 0 N–H and O–H groups in total. The van der Waals surface area contributed by atoms with Crippen molar-refractivity contribution in [3.8, 4) is 5.75 Å². The molecule has 2 aliphatic rings. The van der Waals surface area contributed by atoms with Crippen LogP contribution in [0.2, 0.25) is 0 Å². The van der Waals surface area contributed by atoms with Crippen molar-refractivity contribution in [2.75, 3.05) is 39.4 Å². The van der Waals surface area contributed by atoms with Gasteiger partial charge in [0.25, 0.3) is 11.8 Å². The minimum Gasteiger partial charge on any atom is -0.481 e. The molecule has 0 radical (unpaired) electrons. The first-order valence-electron chi connectivity index (χ1n) is 8.30. The van der Waals surface area contributed by atoms with Gasteiger partial charge in [-0.3, -0.25) is 9.59 Å². The third-order valence-electron chi connectivity index (χ3n) is 4.39. The molecule has 2 fully saturated rings. The van der Waals surface area contributed by atoms with E-state index in [4.69, 9.17) is 9.47 Å². The maximum absolute atomic E-state index is 13.5. The second-order valence-corrected chi connectivity index (χ2v) is 6.07. The Morgan fingerprint density at radius 1 is 1.16 bits per heavy atom. The van der Waals surface area contributed by atoms with Crippen LogP contribution in [-0.2, 0) is 14.3 Å². The Hall–Kier alpha value is -2.22. The van der Waals surface area contributed by atoms with Crippen LogP contribution in [0.5, 0.6) is 5.75 Å². The molecule has 0 aromatic heterocycles. The molecule has 2 amide bonds. The van der Waals surface area contributed by atoms with Gasteiger partial charge in [-0.2, -0.15) is 0 Å². The molecule has 1 aromatic carbocycles. The molecular formula is C17H20F2N2O4. The highest BCUT2D eigenvalue weighted by molar-refractivity contribution is 5.82. The Bertz CT molecular complexity index is 642. The fourth-order valence-electron chi connectivity index (χ4n) is 2.98. The summed E-state index contributed by atoms with van der Waals surface area (Å²) in [6.45, 7) is 1.96. The Balaban J connectivity index is 1.45. The van der Waals surface area contributed by atoms with Gasteiger partial charge in [-0.25, -0.2) is 8.78 Å². The molecular weight excluding hydrogens is 334 g/mol. The van der Waals surface area contributed by atoms with Gasteiger partial charge in [0.1, 0.15) is 11.9 Å². The van der Waals surface area contributed by atoms with Gasteiger partial charge in [-0.15, -0.1) is 0 Å². The molecule has 8 heteroatoms. The van der Waals surface area contributed by atoms with Crippen LogP contribution >= 0.6 is 0 Å². The normalized spacial score (nSPS) is 20.6. The highest BCUT2D eigenvalue weighted by Crippen LogP contribution is 2.18. The molecule has 0 saturated carbocycles. The average Bonchev–Trinajstić information content (AvgIpc) is 3.15. The zero-order valence-corrected chi connectivity index (χ0v) is 13.7. The molecule has 0 spiro atoms. The van der Waals surface area contributed by atoms with Crippen LogP contribution in [0.3, 0.4) is 0 Å². The topological polar surface area (TPSA) is 59.1 Å².